The number of carbonyl (C=O) groups is 8. The number of hydrogen-bond donors (Lipinski definition) is 4. The van der Waals surface area contributed by atoms with Gasteiger partial charge < -0.3 is 86.1 Å². The zero-order valence-corrected chi connectivity index (χ0v) is 80.8. The highest BCUT2D eigenvalue weighted by Gasteiger charge is 2.37. The van der Waals surface area contributed by atoms with Crippen molar-refractivity contribution < 1.29 is 81.7 Å². The second kappa shape index (κ2) is 46.9. The minimum Gasteiger partial charge on any atom is -0.491 e. The first-order chi connectivity index (χ1) is 68.6. The smallest absolute Gasteiger partial charge is 0.258 e. The average Bonchev–Trinajstić information content (AvgIpc) is 1.62. The van der Waals surface area contributed by atoms with Gasteiger partial charge >= 0.3 is 0 Å². The summed E-state index contributed by atoms with van der Waals surface area (Å²) in [7, 11) is 2.04. The van der Waals surface area contributed by atoms with Gasteiger partial charge in [0, 0.05) is 111 Å². The summed E-state index contributed by atoms with van der Waals surface area (Å²) >= 11 is 0. The Balaban J connectivity index is 0.000000143. The second-order valence-electron chi connectivity index (χ2n) is 36.1. The molecule has 0 unspecified atom stereocenters. The van der Waals surface area contributed by atoms with Gasteiger partial charge in [0.25, 0.3) is 23.6 Å². The normalized spacial score (nSPS) is 17.8. The molecular weight excluding hydrogens is 1820 g/mol. The summed E-state index contributed by atoms with van der Waals surface area (Å²) in [5.41, 5.74) is 13.7. The number of benzene rings is 6. The molecule has 8 amide bonds. The van der Waals surface area contributed by atoms with Crippen LogP contribution >= 0.6 is 0 Å². The van der Waals surface area contributed by atoms with Crippen LogP contribution in [0.5, 0.6) is 34.5 Å². The summed E-state index contributed by atoms with van der Waals surface area (Å²) in [6, 6.07) is 36.5. The van der Waals surface area contributed by atoms with E-state index in [9.17, 15) is 38.4 Å². The van der Waals surface area contributed by atoms with Crippen LogP contribution < -0.4 is 54.6 Å². The number of rotatable bonds is 16. The van der Waals surface area contributed by atoms with Crippen molar-refractivity contribution in [2.24, 2.45) is 0 Å². The van der Waals surface area contributed by atoms with Crippen molar-refractivity contribution in [1.29, 1.82) is 0 Å². The van der Waals surface area contributed by atoms with Gasteiger partial charge in [-0.05, 0) is 226 Å². The van der Waals surface area contributed by atoms with Crippen LogP contribution in [-0.4, -0.2) is 246 Å². The lowest BCUT2D eigenvalue weighted by Gasteiger charge is -2.31. The Morgan fingerprint density at radius 3 is 1.08 bits per heavy atom. The molecule has 143 heavy (non-hydrogen) atoms. The number of amides is 8. The Kier molecular flexibility index (Phi) is 33.5. The van der Waals surface area contributed by atoms with E-state index in [2.05, 4.69) is 71.6 Å². The molecule has 4 atom stereocenters. The Morgan fingerprint density at radius 2 is 0.685 bits per heavy atom. The van der Waals surface area contributed by atoms with Crippen LogP contribution in [0.15, 0.2) is 184 Å². The first-order valence-electron chi connectivity index (χ1n) is 48.3. The van der Waals surface area contributed by atoms with Gasteiger partial charge in [-0.2, -0.15) is 0 Å². The first-order valence-corrected chi connectivity index (χ1v) is 48.3. The molecule has 8 aliphatic rings. The molecule has 12 aromatic rings. The SMILES string of the molecule is C.C=CC(=O)N1CCCC[C@@H](n2c(NC(=O)c3cccc(C)c3)nc3ccc4c(c32)COCCO4)C1.C=CC(=O)N1CCCC[C@@H](n2c(NC(=O)c3cccc(C)c3)nc3ccc4c(c32)OCCO4)C1.C=CC(=O)N1CCCC[C@@H](n2c(NC(=O)c3ccnc(C)c3)nc3ccc4c(c32)N(C)CCO4)C1.C=CC(=O)N1CCCC[C@@H](n2c(NC(=O)c3ccnc(C)c3)nc3ccc4c(c32)OCCOCCO4)C1.O. The van der Waals surface area contributed by atoms with Gasteiger partial charge in [-0.25, -0.2) is 19.9 Å². The molecule has 6 N–H and O–H groups in total. The Bertz CT molecular complexity index is 6760. The van der Waals surface area contributed by atoms with Crippen LogP contribution in [0.25, 0.3) is 44.1 Å². The summed E-state index contributed by atoms with van der Waals surface area (Å²) in [6.45, 7) is 32.3. The van der Waals surface area contributed by atoms with Crippen molar-refractivity contribution in [1.82, 2.24) is 67.8 Å². The van der Waals surface area contributed by atoms with Gasteiger partial charge in [0.2, 0.25) is 47.4 Å². The molecule has 20 rings (SSSR count). The van der Waals surface area contributed by atoms with E-state index in [4.69, 9.17) is 57.8 Å². The molecule has 36 nitrogen and oxygen atoms in total. The van der Waals surface area contributed by atoms with E-state index in [1.165, 1.54) is 24.3 Å². The molecule has 6 aromatic carbocycles. The first kappa shape index (κ1) is 102. The maximum Gasteiger partial charge on any atom is 0.258 e. The molecule has 36 heteroatoms. The van der Waals surface area contributed by atoms with E-state index in [1.54, 1.807) is 53.7 Å². The summed E-state index contributed by atoms with van der Waals surface area (Å²) in [5.74, 6) is 4.35. The van der Waals surface area contributed by atoms with Gasteiger partial charge in [-0.3, -0.25) is 69.6 Å². The van der Waals surface area contributed by atoms with Gasteiger partial charge in [-0.15, -0.1) is 0 Å². The zero-order chi connectivity index (χ0) is 98.3. The molecule has 6 aromatic heterocycles. The number of carbonyl (C=O) groups excluding carboxylic acids is 8. The van der Waals surface area contributed by atoms with E-state index >= 15 is 0 Å². The van der Waals surface area contributed by atoms with Gasteiger partial charge in [0.1, 0.15) is 67.9 Å². The maximum atomic E-state index is 13.3. The van der Waals surface area contributed by atoms with Crippen molar-refractivity contribution in [3.63, 3.8) is 0 Å². The van der Waals surface area contributed by atoms with Crippen LogP contribution in [0.1, 0.15) is 178 Å². The Labute approximate surface area is 829 Å². The summed E-state index contributed by atoms with van der Waals surface area (Å²) in [5, 5.41) is 12.1. The molecule has 0 aliphatic carbocycles. The number of nitrogens with one attached hydrogen (secondary N) is 4. The highest BCUT2D eigenvalue weighted by atomic mass is 16.6. The minimum absolute atomic E-state index is 0. The van der Waals surface area contributed by atoms with Crippen molar-refractivity contribution in [2.45, 2.75) is 143 Å². The van der Waals surface area contributed by atoms with Crippen LogP contribution in [-0.2, 0) is 35.3 Å². The number of anilines is 5. The Morgan fingerprint density at radius 1 is 0.357 bits per heavy atom. The van der Waals surface area contributed by atoms with E-state index in [0.29, 0.717) is 199 Å². The molecule has 0 saturated carbocycles. The average molecular weight is 1950 g/mol. The lowest BCUT2D eigenvalue weighted by atomic mass is 10.1. The highest BCUT2D eigenvalue weighted by molar-refractivity contribution is 6.08. The van der Waals surface area contributed by atoms with Crippen LogP contribution in [0.2, 0.25) is 0 Å². The fourth-order valence-electron chi connectivity index (χ4n) is 19.6. The summed E-state index contributed by atoms with van der Waals surface area (Å²) < 4.78 is 55.4. The lowest BCUT2D eigenvalue weighted by molar-refractivity contribution is -0.127. The topological polar surface area (TPSA) is 403 Å². The number of likely N-dealkylation sites (tertiary alicyclic amines) is 4. The molecule has 0 radical (unpaired) electrons. The number of nitrogens with zero attached hydrogens (tertiary/aromatic N) is 15. The number of imidazole rings is 4. The number of likely N-dealkylation sites (N-methyl/N-ethyl adjacent to an activating group) is 1. The van der Waals surface area contributed by atoms with E-state index in [1.807, 2.05) is 144 Å². The molecule has 0 bridgehead atoms. The van der Waals surface area contributed by atoms with Crippen LogP contribution in [0, 0.1) is 27.7 Å². The van der Waals surface area contributed by atoms with E-state index in [0.717, 1.165) is 162 Å². The number of aryl methyl sites for hydroxylation is 4. The predicted octanol–water partition coefficient (Wildman–Crippen LogP) is 15.2. The lowest BCUT2D eigenvalue weighted by Crippen LogP contribution is -2.35. The highest BCUT2D eigenvalue weighted by Crippen LogP contribution is 2.47. The molecule has 4 fully saturated rings. The third-order valence-electron chi connectivity index (χ3n) is 26.4. The number of pyridine rings is 2. The fraction of sp³-hybridized carbons (Fsp3) is 0.383. The van der Waals surface area contributed by atoms with Gasteiger partial charge in [0.05, 0.1) is 90.2 Å². The standard InChI is InChI=1S/C27H31N5O5.C27H30N4O4.C26H30N6O3.C26H28N4O4.CH4.H2O/c1-3-23(33)31-11-5-4-6-20(17-31)32-24-21(7-8-22-25(24)37-15-13-35-12-14-36-22)29-27(32)30-26(34)19-9-10-28-18(2)16-19;1-3-24(32)30-12-5-4-9-20(16-30)31-25-21-17-34-13-14-35-23(21)11-10-22(25)28-27(31)29-26(33)19-8-6-7-18(2)15-19;1-4-22(33)31-12-6-5-7-19(16-31)32-23-20(8-9-21-24(23)30(3)13-14-35-21)28-26(32)29-25(34)18-10-11-27-17(2)15-18;1-3-22(31)29-12-5-4-9-19(16-29)30-23-20(10-11-21-24(23)34-14-13-33-21)27-26(30)28-25(32)18-8-6-7-17(2)15-18;;/h3,7-10,16,20H,1,4-6,11-15,17H2,2H3,(H,29,30,34);3,6-8,10-11,15,20H,1,4-5,9,12-14,16-17H2,2H3,(H,28,29,33);4,8-11,15,19H,1,5-7,12-14,16H2,2-3H3,(H,28,29,34);3,6-8,10-11,15,19H,1,4-5,9,12-14,16H2,2H3,(H,27,28,32);1H4;1H2/t2*20-;2*19-;;/m1111../s1. The monoisotopic (exact) mass is 1950 g/mol. The maximum absolute atomic E-state index is 13.3. The number of hydrogen-bond acceptors (Lipinski definition) is 23. The number of aromatic nitrogens is 10. The largest absolute Gasteiger partial charge is 0.491 e. The van der Waals surface area contributed by atoms with Crippen molar-refractivity contribution in [3.05, 3.63) is 235 Å². The molecule has 14 heterocycles. The molecule has 8 aliphatic heterocycles. The van der Waals surface area contributed by atoms with E-state index < -0.39 is 0 Å². The van der Waals surface area contributed by atoms with Gasteiger partial charge in [0.15, 0.2) is 23.0 Å². The molecule has 750 valence electrons. The van der Waals surface area contributed by atoms with Gasteiger partial charge in [-0.1, -0.05) is 69.1 Å². The van der Waals surface area contributed by atoms with Crippen LogP contribution in [0.4, 0.5) is 29.5 Å². The minimum atomic E-state index is -0.292. The molecule has 0 spiro atoms. The number of ether oxygens (including phenoxy) is 8. The zero-order valence-electron chi connectivity index (χ0n) is 80.8. The number of fused-ring (bicyclic) bond motifs is 12. The second-order valence-corrected chi connectivity index (χ2v) is 36.1. The predicted molar refractivity (Wildman–Crippen MR) is 547 cm³/mol. The quantitative estimate of drug-likeness (QED) is 0.0653. The van der Waals surface area contributed by atoms with Crippen LogP contribution in [0.3, 0.4) is 0 Å². The van der Waals surface area contributed by atoms with E-state index in [-0.39, 0.29) is 84.3 Å². The molecular formula is C107H125N19O17. The Hall–Kier alpha value is -15.3. The molecule has 4 saturated heterocycles. The van der Waals surface area contributed by atoms with Crippen molar-refractivity contribution in [3.8, 4) is 34.5 Å². The van der Waals surface area contributed by atoms with Crippen molar-refractivity contribution in [2.75, 3.05) is 152 Å². The third kappa shape index (κ3) is 23.2. The van der Waals surface area contributed by atoms with Crippen molar-refractivity contribution >= 4 is 121 Å². The third-order valence-corrected chi connectivity index (χ3v) is 26.4. The summed E-state index contributed by atoms with van der Waals surface area (Å²) in [6.07, 6.45) is 19.4. The summed E-state index contributed by atoms with van der Waals surface area (Å²) in [4.78, 5) is 140. The fourth-order valence-corrected chi connectivity index (χ4v) is 19.6.